The molecule has 2 aromatic carbocycles. The third-order valence-corrected chi connectivity index (χ3v) is 7.30. The van der Waals surface area contributed by atoms with E-state index in [-0.39, 0.29) is 16.2 Å². The molecule has 0 atom stereocenters. The van der Waals surface area contributed by atoms with E-state index in [1.807, 2.05) is 0 Å². The van der Waals surface area contributed by atoms with Gasteiger partial charge in [-0.2, -0.15) is 4.31 Å². The van der Waals surface area contributed by atoms with Crippen molar-refractivity contribution in [2.75, 3.05) is 13.1 Å². The molecule has 0 unspecified atom stereocenters. The molecular formula is C23H23NO6S. The van der Waals surface area contributed by atoms with Crippen molar-refractivity contribution in [3.8, 4) is 5.75 Å². The first-order chi connectivity index (χ1) is 14.8. The number of carbonyl (C=O) groups is 1. The molecule has 0 spiro atoms. The predicted octanol–water partition coefficient (Wildman–Crippen LogP) is 3.89. The van der Waals surface area contributed by atoms with Crippen LogP contribution in [-0.2, 0) is 10.0 Å². The Bertz CT molecular complexity index is 1290. The maximum atomic E-state index is 13.0. The molecule has 162 valence electrons. The number of esters is 1. The van der Waals surface area contributed by atoms with Crippen LogP contribution in [0.1, 0.15) is 41.6 Å². The van der Waals surface area contributed by atoms with Gasteiger partial charge in [-0.15, -0.1) is 0 Å². The smallest absolute Gasteiger partial charge is 0.343 e. The van der Waals surface area contributed by atoms with E-state index in [4.69, 9.17) is 9.15 Å². The minimum atomic E-state index is -3.68. The van der Waals surface area contributed by atoms with Gasteiger partial charge in [-0.3, -0.25) is 0 Å². The van der Waals surface area contributed by atoms with E-state index in [2.05, 4.69) is 0 Å². The molecule has 31 heavy (non-hydrogen) atoms. The lowest BCUT2D eigenvalue weighted by molar-refractivity contribution is 0.0734. The van der Waals surface area contributed by atoms with Crippen molar-refractivity contribution in [2.24, 2.45) is 0 Å². The summed E-state index contributed by atoms with van der Waals surface area (Å²) in [6.07, 6.45) is 3.70. The minimum absolute atomic E-state index is 0.0731. The van der Waals surface area contributed by atoms with Crippen LogP contribution in [0.25, 0.3) is 11.0 Å². The number of hydrogen-bond donors (Lipinski definition) is 0. The van der Waals surface area contributed by atoms with Gasteiger partial charge in [0.2, 0.25) is 10.0 Å². The third-order valence-electron chi connectivity index (χ3n) is 5.41. The zero-order chi connectivity index (χ0) is 22.0. The molecule has 2 heterocycles. The average Bonchev–Trinajstić information content (AvgIpc) is 3.03. The van der Waals surface area contributed by atoms with Gasteiger partial charge in [0.05, 0.1) is 10.5 Å². The number of carbonyl (C=O) groups excluding carboxylic acids is 1. The standard InChI is InChI=1S/C23H23NO6S/c1-16-13-22(25)30-21-15-18(9-10-20(16)21)29-23(26)17-7-6-8-19(14-17)31(27,28)24-11-4-2-3-5-12-24/h6-10,13-15H,2-5,11-12H2,1H3. The number of rotatable bonds is 4. The Hall–Kier alpha value is -2.97. The Morgan fingerprint density at radius 1 is 1.00 bits per heavy atom. The number of ether oxygens (including phenoxy) is 1. The lowest BCUT2D eigenvalue weighted by atomic mass is 10.1. The number of aryl methyl sites for hydroxylation is 1. The largest absolute Gasteiger partial charge is 0.423 e. The Balaban J connectivity index is 1.58. The molecule has 0 aliphatic carbocycles. The molecule has 0 saturated carbocycles. The second kappa shape index (κ2) is 8.64. The molecule has 1 aromatic heterocycles. The van der Waals surface area contributed by atoms with Crippen LogP contribution < -0.4 is 10.4 Å². The van der Waals surface area contributed by atoms with Gasteiger partial charge >= 0.3 is 11.6 Å². The summed E-state index contributed by atoms with van der Waals surface area (Å²) in [7, 11) is -3.68. The van der Waals surface area contributed by atoms with Crippen molar-refractivity contribution in [1.29, 1.82) is 0 Å². The van der Waals surface area contributed by atoms with Gasteiger partial charge in [0.15, 0.2) is 0 Å². The van der Waals surface area contributed by atoms with Gasteiger partial charge in [0.1, 0.15) is 11.3 Å². The summed E-state index contributed by atoms with van der Waals surface area (Å²) in [6, 6.07) is 12.0. The summed E-state index contributed by atoms with van der Waals surface area (Å²) in [6.45, 7) is 2.76. The molecular weight excluding hydrogens is 418 g/mol. The van der Waals surface area contributed by atoms with Crippen molar-refractivity contribution >= 4 is 27.0 Å². The lowest BCUT2D eigenvalue weighted by Gasteiger charge is -2.20. The molecule has 0 N–H and O–H groups in total. The topological polar surface area (TPSA) is 93.9 Å². The SMILES string of the molecule is Cc1cc(=O)oc2cc(OC(=O)c3cccc(S(=O)(=O)N4CCCCCC4)c3)ccc12. The van der Waals surface area contributed by atoms with E-state index >= 15 is 0 Å². The van der Waals surface area contributed by atoms with Crippen molar-refractivity contribution in [3.63, 3.8) is 0 Å². The molecule has 0 amide bonds. The van der Waals surface area contributed by atoms with Crippen LogP contribution in [-0.4, -0.2) is 31.8 Å². The summed E-state index contributed by atoms with van der Waals surface area (Å²) in [4.78, 5) is 24.4. The fourth-order valence-electron chi connectivity index (χ4n) is 3.75. The highest BCUT2D eigenvalue weighted by Gasteiger charge is 2.26. The van der Waals surface area contributed by atoms with E-state index in [0.717, 1.165) is 36.6 Å². The maximum absolute atomic E-state index is 13.0. The minimum Gasteiger partial charge on any atom is -0.423 e. The van der Waals surface area contributed by atoms with Gasteiger partial charge in [-0.25, -0.2) is 18.0 Å². The number of benzene rings is 2. The molecule has 1 saturated heterocycles. The van der Waals surface area contributed by atoms with Gasteiger partial charge in [0, 0.05) is 30.6 Å². The molecule has 8 heteroatoms. The second-order valence-corrected chi connectivity index (χ2v) is 9.58. The molecule has 1 aliphatic heterocycles. The highest BCUT2D eigenvalue weighted by Crippen LogP contribution is 2.24. The van der Waals surface area contributed by atoms with Crippen molar-refractivity contribution in [2.45, 2.75) is 37.5 Å². The Labute approximate surface area is 180 Å². The lowest BCUT2D eigenvalue weighted by Crippen LogP contribution is -2.32. The molecule has 0 radical (unpaired) electrons. The van der Waals surface area contributed by atoms with Crippen LogP contribution in [0, 0.1) is 6.92 Å². The zero-order valence-electron chi connectivity index (χ0n) is 17.2. The maximum Gasteiger partial charge on any atom is 0.343 e. The first-order valence-corrected chi connectivity index (χ1v) is 11.7. The average molecular weight is 442 g/mol. The van der Waals surface area contributed by atoms with Crippen LogP contribution >= 0.6 is 0 Å². The van der Waals surface area contributed by atoms with Crippen molar-refractivity contribution in [3.05, 3.63) is 70.1 Å². The fourth-order valence-corrected chi connectivity index (χ4v) is 5.31. The third kappa shape index (κ3) is 4.55. The molecule has 1 aliphatic rings. The van der Waals surface area contributed by atoms with Gasteiger partial charge < -0.3 is 9.15 Å². The van der Waals surface area contributed by atoms with Crippen LogP contribution in [0.4, 0.5) is 0 Å². The number of hydrogen-bond acceptors (Lipinski definition) is 6. The summed E-state index contributed by atoms with van der Waals surface area (Å²) >= 11 is 0. The summed E-state index contributed by atoms with van der Waals surface area (Å²) in [5, 5.41) is 0.741. The first-order valence-electron chi connectivity index (χ1n) is 10.2. The van der Waals surface area contributed by atoms with Crippen molar-refractivity contribution in [1.82, 2.24) is 4.31 Å². The number of fused-ring (bicyclic) bond motifs is 1. The fraction of sp³-hybridized carbons (Fsp3) is 0.304. The van der Waals surface area contributed by atoms with Crippen LogP contribution in [0.5, 0.6) is 5.75 Å². The Morgan fingerprint density at radius 2 is 1.74 bits per heavy atom. The van der Waals surface area contributed by atoms with Crippen LogP contribution in [0.2, 0.25) is 0 Å². The zero-order valence-corrected chi connectivity index (χ0v) is 18.0. The molecule has 7 nitrogen and oxygen atoms in total. The normalized spacial score (nSPS) is 15.5. The van der Waals surface area contributed by atoms with E-state index in [9.17, 15) is 18.0 Å². The summed E-state index contributed by atoms with van der Waals surface area (Å²) in [5.74, 6) is -0.491. The number of nitrogens with zero attached hydrogens (tertiary/aromatic N) is 1. The first kappa shape index (κ1) is 21.3. The van der Waals surface area contributed by atoms with E-state index in [0.29, 0.717) is 18.7 Å². The molecule has 4 rings (SSSR count). The van der Waals surface area contributed by atoms with Crippen LogP contribution in [0.15, 0.2) is 62.6 Å². The van der Waals surface area contributed by atoms with Gasteiger partial charge in [-0.1, -0.05) is 18.9 Å². The van der Waals surface area contributed by atoms with Crippen molar-refractivity contribution < 1.29 is 22.4 Å². The van der Waals surface area contributed by atoms with Gasteiger partial charge in [0.25, 0.3) is 0 Å². The molecule has 0 bridgehead atoms. The second-order valence-electron chi connectivity index (χ2n) is 7.64. The summed E-state index contributed by atoms with van der Waals surface area (Å²) < 4.78 is 38.1. The summed E-state index contributed by atoms with van der Waals surface area (Å²) in [5.41, 5.74) is 0.713. The van der Waals surface area contributed by atoms with E-state index in [1.165, 1.54) is 40.7 Å². The Morgan fingerprint density at radius 3 is 2.48 bits per heavy atom. The van der Waals surface area contributed by atoms with Crippen LogP contribution in [0.3, 0.4) is 0 Å². The van der Waals surface area contributed by atoms with E-state index in [1.54, 1.807) is 19.1 Å². The molecule has 1 fully saturated rings. The number of sulfonamides is 1. The van der Waals surface area contributed by atoms with E-state index < -0.39 is 21.6 Å². The predicted molar refractivity (Wildman–Crippen MR) is 116 cm³/mol. The highest BCUT2D eigenvalue weighted by molar-refractivity contribution is 7.89. The monoisotopic (exact) mass is 441 g/mol. The highest BCUT2D eigenvalue weighted by atomic mass is 32.2. The molecule has 3 aromatic rings. The quantitative estimate of drug-likeness (QED) is 0.346. The Kier molecular flexibility index (Phi) is 5.93. The van der Waals surface area contributed by atoms with Gasteiger partial charge in [-0.05, 0) is 55.7 Å².